The van der Waals surface area contributed by atoms with Crippen molar-refractivity contribution in [1.29, 1.82) is 0 Å². The van der Waals surface area contributed by atoms with Gasteiger partial charge in [0, 0.05) is 23.7 Å². The molecule has 41 heavy (non-hydrogen) atoms. The minimum atomic E-state index is -4.76. The largest absolute Gasteiger partial charge is 0.485 e. The molecule has 4 heterocycles. The van der Waals surface area contributed by atoms with Gasteiger partial charge in [0.1, 0.15) is 33.5 Å². The number of pyridine rings is 1. The van der Waals surface area contributed by atoms with Crippen LogP contribution in [0.4, 0.5) is 18.9 Å². The van der Waals surface area contributed by atoms with Gasteiger partial charge >= 0.3 is 6.18 Å². The molecule has 0 aliphatic heterocycles. The number of furan rings is 1. The van der Waals surface area contributed by atoms with Gasteiger partial charge in [0.2, 0.25) is 0 Å². The molecule has 0 bridgehead atoms. The lowest BCUT2D eigenvalue weighted by atomic mass is 10.0. The van der Waals surface area contributed by atoms with E-state index in [4.69, 9.17) is 14.9 Å². The monoisotopic (exact) mass is 583 g/mol. The number of nitrogens with zero attached hydrogens (tertiary/aromatic N) is 3. The van der Waals surface area contributed by atoms with Crippen molar-refractivity contribution in [3.63, 3.8) is 0 Å². The quantitative estimate of drug-likeness (QED) is 0.236. The molecule has 3 N–H and O–H groups in total. The molecule has 4 aromatic heterocycles. The predicted octanol–water partition coefficient (Wildman–Crippen LogP) is 6.16. The minimum Gasteiger partial charge on any atom is -0.485 e. The van der Waals surface area contributed by atoms with E-state index >= 15 is 0 Å². The molecule has 5 rings (SSSR count). The fourth-order valence-electron chi connectivity index (χ4n) is 4.43. The van der Waals surface area contributed by atoms with Crippen LogP contribution in [0.1, 0.15) is 48.5 Å². The molecule has 13 heteroatoms. The van der Waals surface area contributed by atoms with Crippen molar-refractivity contribution >= 4 is 39.1 Å². The number of amides is 2. The Labute approximate surface area is 235 Å². The fraction of sp³-hybridized carbons (Fsp3) is 0.214. The van der Waals surface area contributed by atoms with Crippen molar-refractivity contribution in [3.05, 3.63) is 81.5 Å². The number of carbonyl (C=O) groups excluding carboxylic acids is 2. The number of thiophene rings is 1. The molecule has 0 aliphatic carbocycles. The summed E-state index contributed by atoms with van der Waals surface area (Å²) in [6.07, 6.45) is -3.35. The van der Waals surface area contributed by atoms with E-state index in [0.29, 0.717) is 34.1 Å². The summed E-state index contributed by atoms with van der Waals surface area (Å²) in [5, 5.41) is 6.89. The molecule has 212 valence electrons. The van der Waals surface area contributed by atoms with Gasteiger partial charge in [-0.2, -0.15) is 18.3 Å². The lowest BCUT2D eigenvalue weighted by molar-refractivity contribution is -0.140. The van der Waals surface area contributed by atoms with E-state index in [-0.39, 0.29) is 38.7 Å². The van der Waals surface area contributed by atoms with Crippen LogP contribution in [0.3, 0.4) is 0 Å². The topological polar surface area (TPSA) is 125 Å². The Hall–Kier alpha value is -4.65. The third kappa shape index (κ3) is 5.27. The number of anilines is 1. The Morgan fingerprint density at radius 2 is 1.83 bits per heavy atom. The smallest absolute Gasteiger partial charge is 0.433 e. The SMILES string of the molecule is Cc1cccc(C)c1OCc1ccc(C(=O)Nc2c(C(N)=O)sc3nc(C(F)(F)F)cc(-c4cnn(C)c4C)c23)o1. The average molecular weight is 584 g/mol. The van der Waals surface area contributed by atoms with Gasteiger partial charge in [-0.3, -0.25) is 14.3 Å². The molecule has 0 radical (unpaired) electrons. The molecule has 0 saturated carbocycles. The molecule has 0 unspecified atom stereocenters. The number of alkyl halides is 3. The maximum absolute atomic E-state index is 13.8. The highest BCUT2D eigenvalue weighted by atomic mass is 32.1. The molecule has 0 aliphatic rings. The van der Waals surface area contributed by atoms with Crippen LogP contribution in [-0.4, -0.2) is 26.6 Å². The molecule has 9 nitrogen and oxygen atoms in total. The fourth-order valence-corrected chi connectivity index (χ4v) is 5.44. The molecular weight excluding hydrogens is 559 g/mol. The van der Waals surface area contributed by atoms with Gasteiger partial charge in [0.15, 0.2) is 5.76 Å². The number of hydrogen-bond acceptors (Lipinski definition) is 7. The Balaban J connectivity index is 1.53. The van der Waals surface area contributed by atoms with Crippen molar-refractivity contribution in [2.75, 3.05) is 5.32 Å². The molecule has 1 aromatic carbocycles. The number of rotatable bonds is 7. The van der Waals surface area contributed by atoms with Gasteiger partial charge in [-0.05, 0) is 55.7 Å². The molecule has 0 fully saturated rings. The van der Waals surface area contributed by atoms with Crippen molar-refractivity contribution in [1.82, 2.24) is 14.8 Å². The Morgan fingerprint density at radius 1 is 1.12 bits per heavy atom. The second-order valence-electron chi connectivity index (χ2n) is 9.40. The number of ether oxygens (including phenoxy) is 1. The van der Waals surface area contributed by atoms with E-state index in [9.17, 15) is 22.8 Å². The first-order chi connectivity index (χ1) is 19.3. The molecule has 0 saturated heterocycles. The first-order valence-electron chi connectivity index (χ1n) is 12.3. The maximum Gasteiger partial charge on any atom is 0.433 e. The third-order valence-electron chi connectivity index (χ3n) is 6.59. The molecule has 0 atom stereocenters. The maximum atomic E-state index is 13.8. The molecule has 0 spiro atoms. The number of hydrogen-bond donors (Lipinski definition) is 2. The third-order valence-corrected chi connectivity index (χ3v) is 7.69. The van der Waals surface area contributed by atoms with Gasteiger partial charge in [0.05, 0.1) is 11.9 Å². The van der Waals surface area contributed by atoms with Crippen molar-refractivity contribution in [3.8, 4) is 16.9 Å². The van der Waals surface area contributed by atoms with Crippen molar-refractivity contribution in [2.45, 2.75) is 33.6 Å². The number of halogens is 3. The van der Waals surface area contributed by atoms with Crippen LogP contribution >= 0.6 is 11.3 Å². The van der Waals surface area contributed by atoms with Crippen LogP contribution in [0.25, 0.3) is 21.3 Å². The lowest BCUT2D eigenvalue weighted by Gasteiger charge is -2.12. The van der Waals surface area contributed by atoms with Crippen molar-refractivity contribution < 1.29 is 31.9 Å². The number of para-hydroxylation sites is 1. The number of fused-ring (bicyclic) bond motifs is 1. The van der Waals surface area contributed by atoms with Crippen LogP contribution in [0.5, 0.6) is 5.75 Å². The lowest BCUT2D eigenvalue weighted by Crippen LogP contribution is -2.16. The molecular formula is C28H24F3N5O4S. The van der Waals surface area contributed by atoms with E-state index in [1.807, 2.05) is 32.0 Å². The molecule has 5 aromatic rings. The number of benzene rings is 1. The summed E-state index contributed by atoms with van der Waals surface area (Å²) in [4.78, 5) is 29.1. The zero-order valence-corrected chi connectivity index (χ0v) is 23.2. The van der Waals surface area contributed by atoms with Crippen LogP contribution in [0.2, 0.25) is 0 Å². The van der Waals surface area contributed by atoms with Gasteiger partial charge in [-0.15, -0.1) is 11.3 Å². The average Bonchev–Trinajstić information content (AvgIpc) is 3.61. The summed E-state index contributed by atoms with van der Waals surface area (Å²) in [7, 11) is 1.64. The highest BCUT2D eigenvalue weighted by Crippen LogP contribution is 2.44. The highest BCUT2D eigenvalue weighted by molar-refractivity contribution is 7.21. The number of nitrogens with two attached hydrogens (primary N) is 1. The standard InChI is InChI=1S/C28H24F3N5O4S/c1-13-6-5-7-14(2)23(13)39-12-16-8-9-19(40-16)26(38)35-22-21-17(18-11-33-36(4)15(18)3)10-20(28(29,30)31)34-27(21)41-24(22)25(32)37/h5-11H,12H2,1-4H3,(H2,32,37)(H,35,38). The zero-order valence-electron chi connectivity index (χ0n) is 22.3. The van der Waals surface area contributed by atoms with Crippen LogP contribution in [-0.2, 0) is 19.8 Å². The van der Waals surface area contributed by atoms with Crippen LogP contribution in [0, 0.1) is 20.8 Å². The summed E-state index contributed by atoms with van der Waals surface area (Å²) in [5.74, 6) is -0.702. The molecule has 2 amide bonds. The number of primary amides is 1. The predicted molar refractivity (Wildman–Crippen MR) is 147 cm³/mol. The first-order valence-corrected chi connectivity index (χ1v) is 13.1. The first kappa shape index (κ1) is 27.9. The van der Waals surface area contributed by atoms with E-state index in [0.717, 1.165) is 17.2 Å². The van der Waals surface area contributed by atoms with Gasteiger partial charge in [-0.25, -0.2) is 4.98 Å². The highest BCUT2D eigenvalue weighted by Gasteiger charge is 2.35. The number of nitrogens with one attached hydrogen (secondary N) is 1. The van der Waals surface area contributed by atoms with Gasteiger partial charge in [0.25, 0.3) is 11.8 Å². The van der Waals surface area contributed by atoms with Gasteiger partial charge in [-0.1, -0.05) is 18.2 Å². The second kappa shape index (κ2) is 10.4. The van der Waals surface area contributed by atoms with Gasteiger partial charge < -0.3 is 20.2 Å². The van der Waals surface area contributed by atoms with E-state index in [2.05, 4.69) is 15.4 Å². The van der Waals surface area contributed by atoms with E-state index in [1.54, 1.807) is 20.0 Å². The summed E-state index contributed by atoms with van der Waals surface area (Å²) in [6, 6.07) is 9.63. The summed E-state index contributed by atoms with van der Waals surface area (Å²) >= 11 is 0.656. The normalized spacial score (nSPS) is 11.7. The number of aryl methyl sites for hydroxylation is 3. The Morgan fingerprint density at radius 3 is 2.44 bits per heavy atom. The minimum absolute atomic E-state index is 0.0570. The number of carbonyl (C=O) groups is 2. The summed E-state index contributed by atoms with van der Waals surface area (Å²) < 4.78 is 54.4. The van der Waals surface area contributed by atoms with Crippen molar-refractivity contribution in [2.24, 2.45) is 12.8 Å². The Kier molecular flexibility index (Phi) is 7.07. The van der Waals surface area contributed by atoms with E-state index in [1.165, 1.54) is 16.9 Å². The van der Waals surface area contributed by atoms with Crippen LogP contribution in [0.15, 0.2) is 47.0 Å². The number of aromatic nitrogens is 3. The summed E-state index contributed by atoms with van der Waals surface area (Å²) in [6.45, 7) is 5.57. The Bertz CT molecular complexity index is 1800. The summed E-state index contributed by atoms with van der Waals surface area (Å²) in [5.41, 5.74) is 7.28. The van der Waals surface area contributed by atoms with E-state index < -0.39 is 23.7 Å². The second-order valence-corrected chi connectivity index (χ2v) is 10.4. The zero-order chi connectivity index (χ0) is 29.6. The van der Waals surface area contributed by atoms with Crippen LogP contribution < -0.4 is 15.8 Å².